The van der Waals surface area contributed by atoms with Gasteiger partial charge in [0.25, 0.3) is 0 Å². The van der Waals surface area contributed by atoms with Gasteiger partial charge in [0, 0.05) is 34.1 Å². The Hall–Kier alpha value is -1.85. The van der Waals surface area contributed by atoms with E-state index in [1.165, 1.54) is 4.57 Å². The van der Waals surface area contributed by atoms with Crippen LogP contribution in [0.4, 0.5) is 4.79 Å². The van der Waals surface area contributed by atoms with Crippen LogP contribution in [-0.4, -0.2) is 70.6 Å². The molecule has 198 valence electrons. The molecule has 4 rings (SSSR count). The minimum Gasteiger partial charge on any atom is -0.481 e. The van der Waals surface area contributed by atoms with E-state index in [2.05, 4.69) is 15.0 Å². The monoisotopic (exact) mass is 528 g/mol. The van der Waals surface area contributed by atoms with E-state index in [9.17, 15) is 14.1 Å². The minimum atomic E-state index is -0.603. The summed E-state index contributed by atoms with van der Waals surface area (Å²) in [6, 6.07) is 0. The average molecular weight is 529 g/mol. The Morgan fingerprint density at radius 3 is 2.37 bits per heavy atom. The average Bonchev–Trinajstić information content (AvgIpc) is 3.47. The summed E-state index contributed by atoms with van der Waals surface area (Å²) in [6.07, 6.45) is 6.76. The Morgan fingerprint density at radius 2 is 1.83 bits per heavy atom. The first-order valence-corrected chi connectivity index (χ1v) is 14.3. The molecule has 2 saturated heterocycles. The summed E-state index contributed by atoms with van der Waals surface area (Å²) in [4.78, 5) is 24.1. The number of aromatic amines is 1. The van der Waals surface area contributed by atoms with Crippen LogP contribution in [-0.2, 0) is 22.1 Å². The van der Waals surface area contributed by atoms with Crippen molar-refractivity contribution >= 4 is 28.7 Å². The van der Waals surface area contributed by atoms with Crippen molar-refractivity contribution < 1.29 is 23.6 Å². The van der Waals surface area contributed by atoms with Crippen molar-refractivity contribution in [2.24, 2.45) is 0 Å². The number of imidazole rings is 2. The molecule has 0 aromatic carbocycles. The largest absolute Gasteiger partial charge is 0.481 e. The number of carbonyl (C=O) groups excluding carboxylic acids is 1. The summed E-state index contributed by atoms with van der Waals surface area (Å²) in [6.45, 7) is 5.28. The lowest BCUT2D eigenvalue weighted by molar-refractivity contribution is 0.0517. The number of H-pyrrole nitrogens is 1. The highest BCUT2D eigenvalue weighted by atomic mass is 32.2. The molecule has 2 aliphatic heterocycles. The molecule has 2 aromatic heterocycles. The fourth-order valence-corrected chi connectivity index (χ4v) is 6.38. The van der Waals surface area contributed by atoms with Crippen molar-refractivity contribution in [1.29, 1.82) is 0 Å². The number of nitrogens with zero attached hydrogens (tertiary/aromatic N) is 3. The first-order chi connectivity index (χ1) is 16.2. The summed E-state index contributed by atoms with van der Waals surface area (Å²) in [5.74, 6) is 6.86. The molecule has 0 saturated carbocycles. The Morgan fingerprint density at radius 1 is 1.17 bits per heavy atom. The topological polar surface area (TPSA) is 119 Å². The molecule has 9 nitrogen and oxygen atoms in total. The Labute approximate surface area is 215 Å². The zero-order chi connectivity index (χ0) is 24.7. The van der Waals surface area contributed by atoms with Crippen molar-refractivity contribution in [3.63, 3.8) is 0 Å². The molecule has 0 spiro atoms. The van der Waals surface area contributed by atoms with Gasteiger partial charge in [0.15, 0.2) is 0 Å². The fraction of sp³-hybridized carbons (Fsp3) is 0.708. The van der Waals surface area contributed by atoms with Crippen molar-refractivity contribution in [3.05, 3.63) is 29.7 Å². The van der Waals surface area contributed by atoms with Crippen LogP contribution in [0.5, 0.6) is 5.88 Å². The molecule has 4 heterocycles. The first kappa shape index (κ1) is 29.4. The van der Waals surface area contributed by atoms with E-state index in [1.54, 1.807) is 19.5 Å². The number of aromatic nitrogens is 4. The predicted octanol–water partition coefficient (Wildman–Crippen LogP) is 4.45. The summed E-state index contributed by atoms with van der Waals surface area (Å²) >= 11 is 1.93. The summed E-state index contributed by atoms with van der Waals surface area (Å²) in [7, 11) is 1.02. The highest BCUT2D eigenvalue weighted by molar-refractivity contribution is 7.99. The van der Waals surface area contributed by atoms with E-state index >= 15 is 0 Å². The van der Waals surface area contributed by atoms with Gasteiger partial charge >= 0.3 is 6.09 Å². The maximum absolute atomic E-state index is 12.3. The van der Waals surface area contributed by atoms with E-state index in [-0.39, 0.29) is 20.0 Å². The molecule has 0 amide bonds. The first-order valence-electron chi connectivity index (χ1n) is 11.6. The number of rotatable bonds is 4. The van der Waals surface area contributed by atoms with Crippen LogP contribution in [0.2, 0.25) is 0 Å². The third-order valence-electron chi connectivity index (χ3n) is 5.75. The van der Waals surface area contributed by atoms with Crippen LogP contribution >= 0.6 is 11.8 Å². The predicted molar refractivity (Wildman–Crippen MR) is 141 cm³/mol. The Kier molecular flexibility index (Phi) is 11.3. The highest BCUT2D eigenvalue weighted by Gasteiger charge is 2.28. The number of carbonyl (C=O) groups is 1. The van der Waals surface area contributed by atoms with Gasteiger partial charge in [-0.15, -0.1) is 0 Å². The van der Waals surface area contributed by atoms with Crippen molar-refractivity contribution in [2.75, 3.05) is 30.1 Å². The van der Waals surface area contributed by atoms with Crippen LogP contribution in [0.1, 0.15) is 83.1 Å². The number of nitrogens with one attached hydrogen (secondary N) is 1. The lowest BCUT2D eigenvalue weighted by Gasteiger charge is -2.24. The molecular weight excluding hydrogens is 488 g/mol. The van der Waals surface area contributed by atoms with Crippen molar-refractivity contribution in [2.45, 2.75) is 77.9 Å². The second-order valence-corrected chi connectivity index (χ2v) is 12.3. The standard InChI is InChI=1S/C14H22N2O3S.C9H14N2O2S.CH4/c1-14(2,3)19-13(18)16-11(9-17)8-15-12(16)10-4-6-20-7-5-10;1-13-8-6-10-9(11-8)7-2-4-14(12)5-3-7;/h8,10,17H,4-7,9H2,1-3H3;6-7H,2-5H2,1H3,(H,10,11);1H4. The Bertz CT molecular complexity index is 954. The molecule has 0 aliphatic carbocycles. The van der Waals surface area contributed by atoms with Crippen molar-refractivity contribution in [1.82, 2.24) is 19.5 Å². The van der Waals surface area contributed by atoms with Crippen LogP contribution < -0.4 is 4.74 Å². The van der Waals surface area contributed by atoms with Gasteiger partial charge in [-0.3, -0.25) is 4.21 Å². The van der Waals surface area contributed by atoms with E-state index in [4.69, 9.17) is 9.47 Å². The molecule has 2 fully saturated rings. The molecule has 0 radical (unpaired) electrons. The van der Waals surface area contributed by atoms with Crippen molar-refractivity contribution in [3.8, 4) is 5.88 Å². The van der Waals surface area contributed by atoms with Crippen LogP contribution in [0.3, 0.4) is 0 Å². The smallest absolute Gasteiger partial charge is 0.420 e. The van der Waals surface area contributed by atoms with E-state index in [0.29, 0.717) is 17.5 Å². The number of aliphatic hydroxyl groups excluding tert-OH is 1. The van der Waals surface area contributed by atoms with E-state index < -0.39 is 22.5 Å². The molecule has 2 N–H and O–H groups in total. The van der Waals surface area contributed by atoms with Gasteiger partial charge in [0.1, 0.15) is 17.2 Å². The lowest BCUT2D eigenvalue weighted by Crippen LogP contribution is -2.30. The summed E-state index contributed by atoms with van der Waals surface area (Å²) in [5, 5.41) is 9.40. The van der Waals surface area contributed by atoms with Gasteiger partial charge in [0.05, 0.1) is 31.8 Å². The van der Waals surface area contributed by atoms with E-state index in [0.717, 1.165) is 60.3 Å². The number of hydrogen-bond donors (Lipinski definition) is 2. The normalized spacial score (nSPS) is 20.8. The van der Waals surface area contributed by atoms with Gasteiger partial charge in [-0.05, 0) is 58.0 Å². The maximum atomic E-state index is 12.3. The molecule has 0 bridgehead atoms. The fourth-order valence-electron chi connectivity index (χ4n) is 3.97. The molecule has 35 heavy (non-hydrogen) atoms. The number of thioether (sulfide) groups is 1. The number of methoxy groups -OCH3 is 1. The number of ether oxygens (including phenoxy) is 2. The second kappa shape index (κ2) is 13.5. The quantitative estimate of drug-likeness (QED) is 0.597. The second-order valence-electron chi connectivity index (χ2n) is 9.43. The molecule has 2 aromatic rings. The highest BCUT2D eigenvalue weighted by Crippen LogP contribution is 2.32. The van der Waals surface area contributed by atoms with Gasteiger partial charge in [0.2, 0.25) is 5.88 Å². The number of aliphatic hydroxyl groups is 1. The molecular formula is C24H40N4O5S2. The minimum absolute atomic E-state index is 0. The third-order valence-corrected chi connectivity index (χ3v) is 8.18. The van der Waals surface area contributed by atoms with Crippen LogP contribution in [0, 0.1) is 0 Å². The summed E-state index contributed by atoms with van der Waals surface area (Å²) < 4.78 is 23.1. The molecule has 11 heteroatoms. The molecule has 0 unspecified atom stereocenters. The van der Waals surface area contributed by atoms with Gasteiger partial charge in [-0.2, -0.15) is 11.8 Å². The maximum Gasteiger partial charge on any atom is 0.420 e. The Balaban J connectivity index is 0.000000254. The van der Waals surface area contributed by atoms with Crippen LogP contribution in [0.25, 0.3) is 0 Å². The van der Waals surface area contributed by atoms with E-state index in [1.807, 2.05) is 32.5 Å². The lowest BCUT2D eigenvalue weighted by atomic mass is 10.0. The summed E-state index contributed by atoms with van der Waals surface area (Å²) in [5.41, 5.74) is -0.0687. The molecule has 0 atom stereocenters. The zero-order valence-electron chi connectivity index (χ0n) is 20.4. The SMILES string of the molecule is C.CC(C)(C)OC(=O)n1c(CO)cnc1C1CCSCC1.COc1cnc(C2CCS(=O)CC2)[nH]1. The number of hydrogen-bond acceptors (Lipinski definition) is 8. The van der Waals surface area contributed by atoms with Gasteiger partial charge in [-0.25, -0.2) is 19.3 Å². The van der Waals surface area contributed by atoms with Crippen LogP contribution in [0.15, 0.2) is 12.4 Å². The van der Waals surface area contributed by atoms with Gasteiger partial charge in [-0.1, -0.05) is 7.43 Å². The molecule has 2 aliphatic rings. The zero-order valence-corrected chi connectivity index (χ0v) is 22.0. The van der Waals surface area contributed by atoms with Gasteiger partial charge < -0.3 is 19.6 Å². The third kappa shape index (κ3) is 8.35.